The number of carboxylic acid groups (broad SMARTS) is 1. The molecule has 4 rings (SSSR count). The van der Waals surface area contributed by atoms with Crippen molar-refractivity contribution in [1.82, 2.24) is 19.4 Å². The zero-order chi connectivity index (χ0) is 19.8. The van der Waals surface area contributed by atoms with Crippen LogP contribution in [-0.4, -0.2) is 43.7 Å². The number of piperidine rings is 1. The summed E-state index contributed by atoms with van der Waals surface area (Å²) in [5.41, 5.74) is 9.13. The lowest BCUT2D eigenvalue weighted by Crippen LogP contribution is -2.38. The van der Waals surface area contributed by atoms with E-state index in [1.807, 2.05) is 0 Å². The van der Waals surface area contributed by atoms with E-state index < -0.39 is 6.09 Å². The molecule has 0 saturated carbocycles. The van der Waals surface area contributed by atoms with Crippen LogP contribution in [0.15, 0.2) is 6.07 Å². The number of anilines is 1. The maximum Gasteiger partial charge on any atom is 0.407 e. The van der Waals surface area contributed by atoms with Gasteiger partial charge in [0, 0.05) is 30.9 Å². The number of rotatable bonds is 5. The van der Waals surface area contributed by atoms with Crippen LogP contribution in [-0.2, 0) is 13.0 Å². The number of pyridine rings is 1. The number of imidazole rings is 1. The molecule has 0 bridgehead atoms. The molecule has 3 aromatic heterocycles. The summed E-state index contributed by atoms with van der Waals surface area (Å²) in [4.78, 5) is 23.4. The number of nitrogen functional groups attached to an aromatic ring is 1. The van der Waals surface area contributed by atoms with Crippen molar-refractivity contribution < 1.29 is 9.90 Å². The first kappa shape index (κ1) is 19.0. The number of amides is 1. The van der Waals surface area contributed by atoms with Crippen molar-refractivity contribution in [3.05, 3.63) is 16.8 Å². The van der Waals surface area contributed by atoms with Crippen molar-refractivity contribution in [2.24, 2.45) is 5.92 Å². The molecule has 7 nitrogen and oxygen atoms in total. The lowest BCUT2D eigenvalue weighted by molar-refractivity contribution is 0.121. The van der Waals surface area contributed by atoms with Gasteiger partial charge in [-0.05, 0) is 38.2 Å². The van der Waals surface area contributed by atoms with Crippen LogP contribution < -0.4 is 5.73 Å². The van der Waals surface area contributed by atoms with Gasteiger partial charge in [0.1, 0.15) is 11.3 Å². The van der Waals surface area contributed by atoms with Gasteiger partial charge in [-0.3, -0.25) is 0 Å². The summed E-state index contributed by atoms with van der Waals surface area (Å²) >= 11 is 1.74. The highest BCUT2D eigenvalue weighted by molar-refractivity contribution is 7.19. The Bertz CT molecular complexity index is 1020. The highest BCUT2D eigenvalue weighted by atomic mass is 32.1. The maximum atomic E-state index is 11.2. The Hall–Kier alpha value is -2.35. The Morgan fingerprint density at radius 1 is 1.36 bits per heavy atom. The Morgan fingerprint density at radius 2 is 2.11 bits per heavy atom. The lowest BCUT2D eigenvalue weighted by Gasteiger charge is -2.30. The van der Waals surface area contributed by atoms with Crippen molar-refractivity contribution in [3.63, 3.8) is 0 Å². The summed E-state index contributed by atoms with van der Waals surface area (Å²) in [6.07, 6.45) is 4.07. The molecule has 3 aromatic rings. The highest BCUT2D eigenvalue weighted by Gasteiger charge is 2.25. The van der Waals surface area contributed by atoms with Crippen LogP contribution in [0.2, 0.25) is 0 Å². The fourth-order valence-electron chi connectivity index (χ4n) is 4.13. The molecule has 150 valence electrons. The maximum absolute atomic E-state index is 11.2. The van der Waals surface area contributed by atoms with Gasteiger partial charge < -0.3 is 20.3 Å². The van der Waals surface area contributed by atoms with Crippen LogP contribution in [0, 0.1) is 12.8 Å². The third-order valence-corrected chi connectivity index (χ3v) is 6.71. The predicted molar refractivity (Wildman–Crippen MR) is 113 cm³/mol. The number of aryl methyl sites for hydroxylation is 2. The number of nitrogens with two attached hydrogens (primary N) is 1. The first-order valence-electron chi connectivity index (χ1n) is 10.0. The third kappa shape index (κ3) is 3.41. The first-order valence-corrected chi connectivity index (χ1v) is 10.8. The molecule has 1 aliphatic heterocycles. The monoisotopic (exact) mass is 401 g/mol. The van der Waals surface area contributed by atoms with E-state index in [1.165, 1.54) is 9.78 Å². The van der Waals surface area contributed by atoms with Crippen molar-refractivity contribution in [2.45, 2.75) is 52.5 Å². The van der Waals surface area contributed by atoms with Gasteiger partial charge in [-0.1, -0.05) is 13.3 Å². The number of fused-ring (bicyclic) bond motifs is 3. The van der Waals surface area contributed by atoms with Gasteiger partial charge in [0.05, 0.1) is 15.7 Å². The lowest BCUT2D eigenvalue weighted by atomic mass is 9.97. The molecule has 28 heavy (non-hydrogen) atoms. The molecular formula is C20H27N5O2S. The van der Waals surface area contributed by atoms with E-state index in [9.17, 15) is 9.90 Å². The van der Waals surface area contributed by atoms with Gasteiger partial charge in [0.25, 0.3) is 0 Å². The topological polar surface area (TPSA) is 97.3 Å². The van der Waals surface area contributed by atoms with E-state index in [1.54, 1.807) is 11.3 Å². The van der Waals surface area contributed by atoms with Crippen molar-refractivity contribution in [3.8, 4) is 0 Å². The van der Waals surface area contributed by atoms with Crippen LogP contribution >= 0.6 is 11.3 Å². The molecule has 1 saturated heterocycles. The molecule has 8 heteroatoms. The van der Waals surface area contributed by atoms with E-state index >= 15 is 0 Å². The summed E-state index contributed by atoms with van der Waals surface area (Å²) in [5.74, 6) is 2.01. The Balaban J connectivity index is 1.75. The second-order valence-corrected chi connectivity index (χ2v) is 8.98. The molecule has 1 amide bonds. The molecule has 0 unspecified atom stereocenters. The van der Waals surface area contributed by atoms with Crippen molar-refractivity contribution in [1.29, 1.82) is 0 Å². The number of nitrogens with zero attached hydrogens (tertiary/aromatic N) is 4. The number of aromatic nitrogens is 3. The second-order valence-electron chi connectivity index (χ2n) is 7.72. The van der Waals surface area contributed by atoms with Crippen LogP contribution in [0.25, 0.3) is 21.3 Å². The minimum absolute atomic E-state index is 0.443. The normalized spacial score (nSPS) is 15.7. The molecule has 3 N–H and O–H groups in total. The number of unbranched alkanes of at least 4 members (excludes halogenated alkanes) is 1. The Kier molecular flexibility index (Phi) is 5.14. The predicted octanol–water partition coefficient (Wildman–Crippen LogP) is 4.27. The highest BCUT2D eigenvalue weighted by Crippen LogP contribution is 2.35. The van der Waals surface area contributed by atoms with Gasteiger partial charge in [-0.15, -0.1) is 11.3 Å². The van der Waals surface area contributed by atoms with Gasteiger partial charge in [-0.2, -0.15) is 0 Å². The molecule has 1 aliphatic rings. The van der Waals surface area contributed by atoms with Gasteiger partial charge >= 0.3 is 6.09 Å². The fraction of sp³-hybridized carbons (Fsp3) is 0.550. The quantitative estimate of drug-likeness (QED) is 0.665. The molecular weight excluding hydrogens is 374 g/mol. The molecule has 0 aliphatic carbocycles. The smallest absolute Gasteiger partial charge is 0.407 e. The molecule has 0 aromatic carbocycles. The van der Waals surface area contributed by atoms with Crippen molar-refractivity contribution >= 4 is 44.5 Å². The number of hydrogen-bond acceptors (Lipinski definition) is 5. The summed E-state index contributed by atoms with van der Waals surface area (Å²) < 4.78 is 3.50. The number of carbonyl (C=O) groups is 1. The van der Waals surface area contributed by atoms with E-state index in [0.29, 0.717) is 24.8 Å². The summed E-state index contributed by atoms with van der Waals surface area (Å²) in [6.45, 7) is 6.35. The van der Waals surface area contributed by atoms with Crippen molar-refractivity contribution in [2.75, 3.05) is 18.8 Å². The number of thiophene rings is 1. The zero-order valence-corrected chi connectivity index (χ0v) is 17.3. The molecule has 0 atom stereocenters. The third-order valence-electron chi connectivity index (χ3n) is 5.66. The standard InChI is InChI=1S/C20H27N5O2S/c1-3-4-5-15-23-16-17(18-14(22-19(16)21)10-12(2)28-18)25(15)11-13-6-8-24(9-7-13)20(26)27/h10,13H,3-9,11H2,1-2H3,(H2,21,22)(H,26,27). The zero-order valence-electron chi connectivity index (χ0n) is 16.4. The number of hydrogen-bond donors (Lipinski definition) is 2. The van der Waals surface area contributed by atoms with Crippen LogP contribution in [0.4, 0.5) is 10.6 Å². The van der Waals surface area contributed by atoms with E-state index in [-0.39, 0.29) is 0 Å². The average molecular weight is 402 g/mol. The van der Waals surface area contributed by atoms with Crippen LogP contribution in [0.3, 0.4) is 0 Å². The summed E-state index contributed by atoms with van der Waals surface area (Å²) in [6, 6.07) is 2.09. The van der Waals surface area contributed by atoms with Gasteiger partial charge in [0.15, 0.2) is 5.82 Å². The Morgan fingerprint density at radius 3 is 2.79 bits per heavy atom. The van der Waals surface area contributed by atoms with Crippen LogP contribution in [0.5, 0.6) is 0 Å². The van der Waals surface area contributed by atoms with E-state index in [2.05, 4.69) is 29.5 Å². The average Bonchev–Trinajstić information content (AvgIpc) is 3.21. The molecule has 0 radical (unpaired) electrons. The summed E-state index contributed by atoms with van der Waals surface area (Å²) in [5, 5.41) is 9.21. The minimum atomic E-state index is -0.815. The largest absolute Gasteiger partial charge is 0.465 e. The van der Waals surface area contributed by atoms with Gasteiger partial charge in [-0.25, -0.2) is 14.8 Å². The molecule has 4 heterocycles. The summed E-state index contributed by atoms with van der Waals surface area (Å²) in [7, 11) is 0. The van der Waals surface area contributed by atoms with Gasteiger partial charge in [0.2, 0.25) is 0 Å². The first-order chi connectivity index (χ1) is 13.5. The minimum Gasteiger partial charge on any atom is -0.465 e. The van der Waals surface area contributed by atoms with E-state index in [4.69, 9.17) is 10.7 Å². The Labute approximate surface area is 168 Å². The second kappa shape index (κ2) is 7.58. The van der Waals surface area contributed by atoms with Crippen LogP contribution in [0.1, 0.15) is 43.3 Å². The van der Waals surface area contributed by atoms with E-state index in [0.717, 1.165) is 65.7 Å². The molecule has 0 spiro atoms. The fourth-order valence-corrected chi connectivity index (χ4v) is 5.14. The molecule has 1 fully saturated rings. The number of likely N-dealkylation sites (tertiary alicyclic amines) is 1. The SMILES string of the molecule is CCCCc1nc2c(N)nc3cc(C)sc3c2n1CC1CCN(C(=O)O)CC1.